The Bertz CT molecular complexity index is 159. The van der Waals surface area contributed by atoms with Crippen LogP contribution >= 0.6 is 0 Å². The normalized spacial score (nSPS) is 28.8. The molecule has 1 saturated carbocycles. The molecular weight excluding hydrogens is 154 g/mol. The molecule has 1 fully saturated rings. The lowest BCUT2D eigenvalue weighted by Crippen LogP contribution is -2.16. The highest BCUT2D eigenvalue weighted by atomic mass is 16.5. The van der Waals surface area contributed by atoms with Crippen molar-refractivity contribution in [2.75, 3.05) is 6.61 Å². The van der Waals surface area contributed by atoms with Crippen molar-refractivity contribution in [3.05, 3.63) is 0 Å². The Morgan fingerprint density at radius 1 is 1.58 bits per heavy atom. The molecule has 0 saturated heterocycles. The highest BCUT2D eigenvalue weighted by Gasteiger charge is 2.24. The van der Waals surface area contributed by atoms with Gasteiger partial charge in [-0.25, -0.2) is 0 Å². The van der Waals surface area contributed by atoms with E-state index in [1.165, 1.54) is 0 Å². The SMILES string of the molecule is CCOC(=O)CC1CCC(N)C1. The van der Waals surface area contributed by atoms with E-state index in [2.05, 4.69) is 0 Å². The van der Waals surface area contributed by atoms with Crippen molar-refractivity contribution in [1.82, 2.24) is 0 Å². The summed E-state index contributed by atoms with van der Waals surface area (Å²) in [6.07, 6.45) is 3.68. The molecule has 12 heavy (non-hydrogen) atoms. The number of esters is 1. The van der Waals surface area contributed by atoms with Gasteiger partial charge in [-0.15, -0.1) is 0 Å². The van der Waals surface area contributed by atoms with E-state index in [0.717, 1.165) is 19.3 Å². The van der Waals surface area contributed by atoms with Gasteiger partial charge in [0.2, 0.25) is 0 Å². The van der Waals surface area contributed by atoms with Crippen molar-refractivity contribution in [1.29, 1.82) is 0 Å². The second-order valence-electron chi connectivity index (χ2n) is 3.45. The van der Waals surface area contributed by atoms with Crippen LogP contribution in [-0.2, 0) is 9.53 Å². The first kappa shape index (κ1) is 9.52. The van der Waals surface area contributed by atoms with Crippen molar-refractivity contribution >= 4 is 5.97 Å². The predicted molar refractivity (Wildman–Crippen MR) is 46.6 cm³/mol. The fraction of sp³-hybridized carbons (Fsp3) is 0.889. The minimum atomic E-state index is -0.0726. The zero-order chi connectivity index (χ0) is 8.97. The lowest BCUT2D eigenvalue weighted by atomic mass is 10.0. The molecule has 2 unspecified atom stereocenters. The van der Waals surface area contributed by atoms with Gasteiger partial charge in [-0.2, -0.15) is 0 Å². The third-order valence-electron chi connectivity index (χ3n) is 2.34. The molecule has 0 aliphatic heterocycles. The van der Waals surface area contributed by atoms with Gasteiger partial charge in [-0.3, -0.25) is 4.79 Å². The van der Waals surface area contributed by atoms with E-state index in [1.807, 2.05) is 6.92 Å². The molecule has 0 heterocycles. The Hall–Kier alpha value is -0.570. The van der Waals surface area contributed by atoms with Gasteiger partial charge in [0.05, 0.1) is 6.61 Å². The fourth-order valence-corrected chi connectivity index (χ4v) is 1.75. The summed E-state index contributed by atoms with van der Waals surface area (Å²) in [4.78, 5) is 11.0. The lowest BCUT2D eigenvalue weighted by Gasteiger charge is -2.07. The standard InChI is InChI=1S/C9H17NO2/c1-2-12-9(11)6-7-3-4-8(10)5-7/h7-8H,2-6,10H2,1H3. The molecule has 0 spiro atoms. The number of ether oxygens (including phenoxy) is 1. The maximum absolute atomic E-state index is 11.0. The van der Waals surface area contributed by atoms with E-state index in [-0.39, 0.29) is 5.97 Å². The number of hydrogen-bond acceptors (Lipinski definition) is 3. The van der Waals surface area contributed by atoms with E-state index >= 15 is 0 Å². The predicted octanol–water partition coefficient (Wildman–Crippen LogP) is 1.07. The average Bonchev–Trinajstić information content (AvgIpc) is 2.36. The minimum Gasteiger partial charge on any atom is -0.466 e. The van der Waals surface area contributed by atoms with Crippen LogP contribution in [0.15, 0.2) is 0 Å². The molecule has 2 atom stereocenters. The van der Waals surface area contributed by atoms with Crippen LogP contribution in [0.2, 0.25) is 0 Å². The molecule has 0 bridgehead atoms. The molecule has 2 N–H and O–H groups in total. The Morgan fingerprint density at radius 3 is 2.83 bits per heavy atom. The molecule has 3 heteroatoms. The van der Waals surface area contributed by atoms with Crippen molar-refractivity contribution in [3.8, 4) is 0 Å². The van der Waals surface area contributed by atoms with Crippen LogP contribution in [0.1, 0.15) is 32.6 Å². The molecule has 1 aliphatic carbocycles. The molecule has 1 aliphatic rings. The molecule has 0 amide bonds. The highest BCUT2D eigenvalue weighted by molar-refractivity contribution is 5.69. The van der Waals surface area contributed by atoms with Crippen LogP contribution in [0, 0.1) is 5.92 Å². The summed E-state index contributed by atoms with van der Waals surface area (Å²) in [5, 5.41) is 0. The van der Waals surface area contributed by atoms with Crippen LogP contribution in [0.4, 0.5) is 0 Å². The first-order chi connectivity index (χ1) is 5.72. The summed E-state index contributed by atoms with van der Waals surface area (Å²) in [6, 6.07) is 0.310. The van der Waals surface area contributed by atoms with Crippen LogP contribution in [-0.4, -0.2) is 18.6 Å². The van der Waals surface area contributed by atoms with Crippen molar-refractivity contribution in [3.63, 3.8) is 0 Å². The Labute approximate surface area is 73.3 Å². The van der Waals surface area contributed by atoms with Gasteiger partial charge in [0.25, 0.3) is 0 Å². The number of hydrogen-bond donors (Lipinski definition) is 1. The van der Waals surface area contributed by atoms with E-state index in [0.29, 0.717) is 25.0 Å². The van der Waals surface area contributed by atoms with Gasteiger partial charge in [-0.1, -0.05) is 0 Å². The summed E-state index contributed by atoms with van der Waals surface area (Å²) in [5.74, 6) is 0.399. The third-order valence-corrected chi connectivity index (χ3v) is 2.34. The molecule has 70 valence electrons. The smallest absolute Gasteiger partial charge is 0.306 e. The average molecular weight is 171 g/mol. The van der Waals surface area contributed by atoms with E-state index < -0.39 is 0 Å². The fourth-order valence-electron chi connectivity index (χ4n) is 1.75. The summed E-state index contributed by atoms with van der Waals surface area (Å²) in [7, 11) is 0. The monoisotopic (exact) mass is 171 g/mol. The van der Waals surface area contributed by atoms with E-state index in [9.17, 15) is 4.79 Å². The van der Waals surface area contributed by atoms with Crippen LogP contribution < -0.4 is 5.73 Å². The van der Waals surface area contributed by atoms with Gasteiger partial charge in [0, 0.05) is 12.5 Å². The maximum Gasteiger partial charge on any atom is 0.306 e. The number of carbonyl (C=O) groups is 1. The molecule has 0 aromatic heterocycles. The number of carbonyl (C=O) groups excluding carboxylic acids is 1. The van der Waals surface area contributed by atoms with E-state index in [1.54, 1.807) is 0 Å². The third kappa shape index (κ3) is 2.81. The second-order valence-corrected chi connectivity index (χ2v) is 3.45. The van der Waals surface area contributed by atoms with Crippen LogP contribution in [0.3, 0.4) is 0 Å². The van der Waals surface area contributed by atoms with Gasteiger partial charge in [-0.05, 0) is 32.1 Å². The zero-order valence-corrected chi connectivity index (χ0v) is 7.58. The van der Waals surface area contributed by atoms with Crippen LogP contribution in [0.25, 0.3) is 0 Å². The lowest BCUT2D eigenvalue weighted by molar-refractivity contribution is -0.144. The highest BCUT2D eigenvalue weighted by Crippen LogP contribution is 2.26. The quantitative estimate of drug-likeness (QED) is 0.646. The first-order valence-electron chi connectivity index (χ1n) is 4.63. The Balaban J connectivity index is 2.18. The van der Waals surface area contributed by atoms with Crippen LogP contribution in [0.5, 0.6) is 0 Å². The number of rotatable bonds is 3. The molecule has 0 aromatic rings. The summed E-state index contributed by atoms with van der Waals surface area (Å²) in [6.45, 7) is 2.32. The van der Waals surface area contributed by atoms with Crippen molar-refractivity contribution in [2.45, 2.75) is 38.6 Å². The minimum absolute atomic E-state index is 0.0726. The van der Waals surface area contributed by atoms with Gasteiger partial charge >= 0.3 is 5.97 Å². The Morgan fingerprint density at radius 2 is 2.33 bits per heavy atom. The van der Waals surface area contributed by atoms with Gasteiger partial charge in [0.15, 0.2) is 0 Å². The first-order valence-corrected chi connectivity index (χ1v) is 4.63. The van der Waals surface area contributed by atoms with Gasteiger partial charge in [0.1, 0.15) is 0 Å². The summed E-state index contributed by atoms with van der Waals surface area (Å²) < 4.78 is 4.86. The second kappa shape index (κ2) is 4.45. The summed E-state index contributed by atoms with van der Waals surface area (Å²) in [5.41, 5.74) is 5.72. The zero-order valence-electron chi connectivity index (χ0n) is 7.58. The topological polar surface area (TPSA) is 52.3 Å². The van der Waals surface area contributed by atoms with Crippen molar-refractivity contribution in [2.24, 2.45) is 11.7 Å². The Kier molecular flexibility index (Phi) is 3.53. The molecular formula is C9H17NO2. The van der Waals surface area contributed by atoms with Gasteiger partial charge < -0.3 is 10.5 Å². The largest absolute Gasteiger partial charge is 0.466 e. The molecule has 3 nitrogen and oxygen atoms in total. The number of nitrogens with two attached hydrogens (primary N) is 1. The molecule has 0 aromatic carbocycles. The summed E-state index contributed by atoms with van der Waals surface area (Å²) >= 11 is 0. The maximum atomic E-state index is 11.0. The van der Waals surface area contributed by atoms with E-state index in [4.69, 9.17) is 10.5 Å². The molecule has 1 rings (SSSR count). The van der Waals surface area contributed by atoms with Crippen molar-refractivity contribution < 1.29 is 9.53 Å². The molecule has 0 radical (unpaired) electrons.